The smallest absolute Gasteiger partial charge is 0.254 e. The first-order chi connectivity index (χ1) is 10.8. The molecule has 3 heteroatoms. The highest BCUT2D eigenvalue weighted by molar-refractivity contribution is 6.13. The molecule has 2 aromatic carbocycles. The quantitative estimate of drug-likeness (QED) is 0.796. The van der Waals surface area contributed by atoms with Crippen LogP contribution in [-0.4, -0.2) is 16.7 Å². The van der Waals surface area contributed by atoms with Gasteiger partial charge in [0.05, 0.1) is 6.04 Å². The van der Waals surface area contributed by atoms with Gasteiger partial charge in [0.1, 0.15) is 0 Å². The SMILES string of the molecule is O=C1C=CC(=O)N1[C@H]1CCc2c(-c3ccccc3)cccc21. The maximum atomic E-state index is 12.0. The molecule has 0 radical (unpaired) electrons. The molecule has 0 saturated carbocycles. The molecular formula is C19H15NO2. The highest BCUT2D eigenvalue weighted by Crippen LogP contribution is 2.41. The fourth-order valence-electron chi connectivity index (χ4n) is 3.51. The predicted octanol–water partition coefficient (Wildman–Crippen LogP) is 3.27. The summed E-state index contributed by atoms with van der Waals surface area (Å²) >= 11 is 0. The number of imide groups is 1. The van der Waals surface area contributed by atoms with Gasteiger partial charge in [0.25, 0.3) is 11.8 Å². The molecular weight excluding hydrogens is 274 g/mol. The molecule has 22 heavy (non-hydrogen) atoms. The summed E-state index contributed by atoms with van der Waals surface area (Å²) in [5.41, 5.74) is 4.74. The number of amides is 2. The minimum Gasteiger partial charge on any atom is -0.269 e. The van der Waals surface area contributed by atoms with Crippen molar-refractivity contribution >= 4 is 11.8 Å². The molecule has 0 N–H and O–H groups in total. The summed E-state index contributed by atoms with van der Waals surface area (Å²) < 4.78 is 0. The lowest BCUT2D eigenvalue weighted by atomic mass is 9.96. The van der Waals surface area contributed by atoms with Crippen LogP contribution in [-0.2, 0) is 16.0 Å². The van der Waals surface area contributed by atoms with E-state index in [0.717, 1.165) is 18.4 Å². The van der Waals surface area contributed by atoms with Crippen molar-refractivity contribution in [3.8, 4) is 11.1 Å². The average Bonchev–Trinajstić information content (AvgIpc) is 3.11. The molecule has 1 atom stereocenters. The Hall–Kier alpha value is -2.68. The molecule has 3 nitrogen and oxygen atoms in total. The lowest BCUT2D eigenvalue weighted by molar-refractivity contribution is -0.139. The summed E-state index contributed by atoms with van der Waals surface area (Å²) in [6.45, 7) is 0. The number of carbonyl (C=O) groups excluding carboxylic acids is 2. The van der Waals surface area contributed by atoms with Gasteiger partial charge in [-0.05, 0) is 35.1 Å². The van der Waals surface area contributed by atoms with Gasteiger partial charge in [-0.3, -0.25) is 14.5 Å². The summed E-state index contributed by atoms with van der Waals surface area (Å²) in [6.07, 6.45) is 4.42. The minimum absolute atomic E-state index is 0.131. The Balaban J connectivity index is 1.78. The van der Waals surface area contributed by atoms with Crippen molar-refractivity contribution in [1.82, 2.24) is 4.90 Å². The Bertz CT molecular complexity index is 774. The standard InChI is InChI=1S/C19H15NO2/c21-18-11-12-19(22)20(18)17-10-9-15-14(7-4-8-16(15)17)13-5-2-1-3-6-13/h1-8,11-12,17H,9-10H2/t17-/m0/s1. The van der Waals surface area contributed by atoms with Crippen molar-refractivity contribution in [1.29, 1.82) is 0 Å². The van der Waals surface area contributed by atoms with Crippen LogP contribution in [0.25, 0.3) is 11.1 Å². The summed E-state index contributed by atoms with van der Waals surface area (Å²) in [4.78, 5) is 25.3. The largest absolute Gasteiger partial charge is 0.269 e. The van der Waals surface area contributed by atoms with Crippen molar-refractivity contribution in [2.45, 2.75) is 18.9 Å². The fraction of sp³-hybridized carbons (Fsp3) is 0.158. The van der Waals surface area contributed by atoms with Gasteiger partial charge in [-0.25, -0.2) is 0 Å². The van der Waals surface area contributed by atoms with E-state index in [9.17, 15) is 9.59 Å². The molecule has 0 unspecified atom stereocenters. The van der Waals surface area contributed by atoms with Gasteiger partial charge >= 0.3 is 0 Å². The zero-order valence-corrected chi connectivity index (χ0v) is 12.0. The van der Waals surface area contributed by atoms with E-state index in [1.807, 2.05) is 30.3 Å². The molecule has 0 saturated heterocycles. The number of fused-ring (bicyclic) bond motifs is 1. The number of carbonyl (C=O) groups is 2. The minimum atomic E-state index is -0.201. The molecule has 108 valence electrons. The number of rotatable bonds is 2. The molecule has 0 aromatic heterocycles. The molecule has 1 aliphatic heterocycles. The van der Waals surface area contributed by atoms with E-state index in [1.165, 1.54) is 33.7 Å². The van der Waals surface area contributed by atoms with Gasteiger partial charge in [0.2, 0.25) is 0 Å². The third kappa shape index (κ3) is 1.90. The first kappa shape index (κ1) is 13.0. The lowest BCUT2D eigenvalue weighted by Crippen LogP contribution is -2.33. The van der Waals surface area contributed by atoms with Crippen molar-refractivity contribution in [2.24, 2.45) is 0 Å². The third-order valence-corrected chi connectivity index (χ3v) is 4.48. The molecule has 0 spiro atoms. The van der Waals surface area contributed by atoms with E-state index in [-0.39, 0.29) is 17.9 Å². The van der Waals surface area contributed by atoms with E-state index in [1.54, 1.807) is 0 Å². The second-order valence-electron chi connectivity index (χ2n) is 5.67. The molecule has 2 aromatic rings. The summed E-state index contributed by atoms with van der Waals surface area (Å²) in [7, 11) is 0. The van der Waals surface area contributed by atoms with E-state index in [4.69, 9.17) is 0 Å². The number of benzene rings is 2. The normalized spacial score (nSPS) is 19.8. The second kappa shape index (κ2) is 4.95. The van der Waals surface area contributed by atoms with E-state index in [0.29, 0.717) is 0 Å². The lowest BCUT2D eigenvalue weighted by Gasteiger charge is -2.23. The topological polar surface area (TPSA) is 37.4 Å². The second-order valence-corrected chi connectivity index (χ2v) is 5.67. The molecule has 0 bridgehead atoms. The van der Waals surface area contributed by atoms with Crippen molar-refractivity contribution in [2.75, 3.05) is 0 Å². The molecule has 2 amide bonds. The molecule has 0 fully saturated rings. The number of hydrogen-bond donors (Lipinski definition) is 0. The highest BCUT2D eigenvalue weighted by atomic mass is 16.2. The monoisotopic (exact) mass is 289 g/mol. The Morgan fingerprint density at radius 2 is 1.59 bits per heavy atom. The number of nitrogens with zero attached hydrogens (tertiary/aromatic N) is 1. The average molecular weight is 289 g/mol. The van der Waals surface area contributed by atoms with Gasteiger partial charge in [0, 0.05) is 12.2 Å². The zero-order chi connectivity index (χ0) is 15.1. The maximum absolute atomic E-state index is 12.0. The van der Waals surface area contributed by atoms with Crippen molar-refractivity contribution in [3.05, 3.63) is 71.8 Å². The first-order valence-corrected chi connectivity index (χ1v) is 7.48. The van der Waals surface area contributed by atoms with Gasteiger partial charge in [-0.2, -0.15) is 0 Å². The van der Waals surface area contributed by atoms with Crippen LogP contribution in [0, 0.1) is 0 Å². The van der Waals surface area contributed by atoms with Crippen LogP contribution in [0.2, 0.25) is 0 Å². The van der Waals surface area contributed by atoms with Crippen LogP contribution < -0.4 is 0 Å². The summed E-state index contributed by atoms with van der Waals surface area (Å²) in [6, 6.07) is 16.3. The summed E-state index contributed by atoms with van der Waals surface area (Å²) in [5.74, 6) is -0.402. The van der Waals surface area contributed by atoms with Gasteiger partial charge in [-0.15, -0.1) is 0 Å². The summed E-state index contributed by atoms with van der Waals surface area (Å²) in [5, 5.41) is 0. The van der Waals surface area contributed by atoms with Gasteiger partial charge in [0.15, 0.2) is 0 Å². The van der Waals surface area contributed by atoms with E-state index < -0.39 is 0 Å². The fourth-order valence-corrected chi connectivity index (χ4v) is 3.51. The van der Waals surface area contributed by atoms with Crippen molar-refractivity contribution < 1.29 is 9.59 Å². The van der Waals surface area contributed by atoms with Crippen LogP contribution in [0.3, 0.4) is 0 Å². The van der Waals surface area contributed by atoms with Crippen LogP contribution >= 0.6 is 0 Å². The predicted molar refractivity (Wildman–Crippen MR) is 83.9 cm³/mol. The third-order valence-electron chi connectivity index (χ3n) is 4.48. The van der Waals surface area contributed by atoms with Crippen LogP contribution in [0.1, 0.15) is 23.6 Å². The van der Waals surface area contributed by atoms with E-state index >= 15 is 0 Å². The van der Waals surface area contributed by atoms with Crippen molar-refractivity contribution in [3.63, 3.8) is 0 Å². The Labute approximate surface area is 128 Å². The Morgan fingerprint density at radius 1 is 0.864 bits per heavy atom. The molecule has 2 aliphatic rings. The molecule has 1 heterocycles. The Kier molecular flexibility index (Phi) is 2.93. The Morgan fingerprint density at radius 3 is 2.32 bits per heavy atom. The van der Waals surface area contributed by atoms with Crippen LogP contribution in [0.15, 0.2) is 60.7 Å². The molecule has 4 rings (SSSR count). The number of hydrogen-bond acceptors (Lipinski definition) is 2. The zero-order valence-electron chi connectivity index (χ0n) is 12.0. The van der Waals surface area contributed by atoms with E-state index in [2.05, 4.69) is 18.2 Å². The van der Waals surface area contributed by atoms with Crippen LogP contribution in [0.4, 0.5) is 0 Å². The van der Waals surface area contributed by atoms with Gasteiger partial charge < -0.3 is 0 Å². The van der Waals surface area contributed by atoms with Crippen LogP contribution in [0.5, 0.6) is 0 Å². The molecule has 1 aliphatic carbocycles. The first-order valence-electron chi connectivity index (χ1n) is 7.48. The highest BCUT2D eigenvalue weighted by Gasteiger charge is 2.36. The maximum Gasteiger partial charge on any atom is 0.254 e. The van der Waals surface area contributed by atoms with Gasteiger partial charge in [-0.1, -0.05) is 48.5 Å².